The van der Waals surface area contributed by atoms with Crippen molar-refractivity contribution in [3.63, 3.8) is 0 Å². The van der Waals surface area contributed by atoms with Crippen molar-refractivity contribution in [1.29, 1.82) is 0 Å². The van der Waals surface area contributed by atoms with Gasteiger partial charge in [0.25, 0.3) is 0 Å². The Morgan fingerprint density at radius 3 is 2.65 bits per heavy atom. The molecule has 0 spiro atoms. The van der Waals surface area contributed by atoms with Crippen molar-refractivity contribution >= 4 is 41.0 Å². The van der Waals surface area contributed by atoms with E-state index in [1.807, 2.05) is 0 Å². The Balaban J connectivity index is 1.85. The summed E-state index contributed by atoms with van der Waals surface area (Å²) in [5.41, 5.74) is 1.02. The highest BCUT2D eigenvalue weighted by atomic mass is 35.5. The van der Waals surface area contributed by atoms with E-state index in [0.29, 0.717) is 32.7 Å². The average molecular weight is 393 g/mol. The van der Waals surface area contributed by atoms with Crippen LogP contribution in [0.1, 0.15) is 22.8 Å². The lowest BCUT2D eigenvalue weighted by Crippen LogP contribution is -2.24. The number of esters is 1. The number of hydrogen-bond acceptors (Lipinski definition) is 5. The zero-order valence-corrected chi connectivity index (χ0v) is 15.4. The third-order valence-electron chi connectivity index (χ3n) is 3.74. The molecule has 1 atom stereocenters. The molecular formula is C19H14Cl2O5. The largest absolute Gasteiger partial charge is 0.479 e. The molecular weight excluding hydrogens is 379 g/mol. The van der Waals surface area contributed by atoms with Gasteiger partial charge < -0.3 is 14.2 Å². The van der Waals surface area contributed by atoms with E-state index < -0.39 is 12.1 Å². The van der Waals surface area contributed by atoms with Gasteiger partial charge in [-0.05, 0) is 42.8 Å². The summed E-state index contributed by atoms with van der Waals surface area (Å²) in [6.07, 6.45) is 0.775. The van der Waals surface area contributed by atoms with Crippen LogP contribution in [0, 0.1) is 0 Å². The first-order chi connectivity index (χ1) is 12.4. The van der Waals surface area contributed by atoms with Gasteiger partial charge in [0.05, 0.1) is 12.7 Å². The summed E-state index contributed by atoms with van der Waals surface area (Å²) in [7, 11) is 1.28. The Hall–Kier alpha value is -2.50. The number of methoxy groups -OCH3 is 1. The summed E-state index contributed by atoms with van der Waals surface area (Å²) in [6, 6.07) is 9.69. The SMILES string of the molecule is COC(=O)[C@@H](C)Oc1ccc2c(c1)O/C(=C\c1ccc(Cl)cc1Cl)C2=O. The molecule has 0 bridgehead atoms. The summed E-state index contributed by atoms with van der Waals surface area (Å²) in [6.45, 7) is 1.57. The van der Waals surface area contributed by atoms with Gasteiger partial charge in [0, 0.05) is 16.1 Å². The molecule has 134 valence electrons. The molecule has 0 aromatic heterocycles. The number of hydrogen-bond donors (Lipinski definition) is 0. The van der Waals surface area contributed by atoms with Crippen LogP contribution in [0.4, 0.5) is 0 Å². The van der Waals surface area contributed by atoms with Crippen LogP contribution in [0.2, 0.25) is 10.0 Å². The molecule has 5 nitrogen and oxygen atoms in total. The average Bonchev–Trinajstić information content (AvgIpc) is 2.92. The molecule has 0 amide bonds. The van der Waals surface area contributed by atoms with Crippen LogP contribution in [0.15, 0.2) is 42.2 Å². The number of carbonyl (C=O) groups excluding carboxylic acids is 2. The number of fused-ring (bicyclic) bond motifs is 1. The van der Waals surface area contributed by atoms with E-state index in [1.54, 1.807) is 49.4 Å². The molecule has 0 radical (unpaired) electrons. The first-order valence-corrected chi connectivity index (χ1v) is 8.42. The molecule has 0 saturated carbocycles. The molecule has 0 saturated heterocycles. The van der Waals surface area contributed by atoms with Crippen molar-refractivity contribution in [1.82, 2.24) is 0 Å². The number of rotatable bonds is 4. The minimum absolute atomic E-state index is 0.141. The van der Waals surface area contributed by atoms with Crippen molar-refractivity contribution in [3.8, 4) is 11.5 Å². The number of ether oxygens (including phenoxy) is 3. The van der Waals surface area contributed by atoms with Crippen molar-refractivity contribution in [2.45, 2.75) is 13.0 Å². The Morgan fingerprint density at radius 1 is 1.19 bits per heavy atom. The molecule has 0 unspecified atom stereocenters. The predicted octanol–water partition coefficient (Wildman–Crippen LogP) is 4.55. The fraction of sp³-hybridized carbons (Fsp3) is 0.158. The lowest BCUT2D eigenvalue weighted by molar-refractivity contribution is -0.147. The second kappa shape index (κ2) is 7.40. The van der Waals surface area contributed by atoms with Crippen molar-refractivity contribution < 1.29 is 23.8 Å². The molecule has 26 heavy (non-hydrogen) atoms. The highest BCUT2D eigenvalue weighted by molar-refractivity contribution is 6.35. The van der Waals surface area contributed by atoms with Gasteiger partial charge in [-0.25, -0.2) is 4.79 Å². The molecule has 1 aliphatic rings. The van der Waals surface area contributed by atoms with Crippen LogP contribution in [0.25, 0.3) is 6.08 Å². The summed E-state index contributed by atoms with van der Waals surface area (Å²) >= 11 is 12.0. The maximum Gasteiger partial charge on any atom is 0.346 e. The minimum atomic E-state index is -0.780. The van der Waals surface area contributed by atoms with Crippen LogP contribution in [0.5, 0.6) is 11.5 Å². The smallest absolute Gasteiger partial charge is 0.346 e. The number of allylic oxidation sites excluding steroid dienone is 1. The van der Waals surface area contributed by atoms with Gasteiger partial charge in [0.15, 0.2) is 11.9 Å². The van der Waals surface area contributed by atoms with E-state index in [0.717, 1.165) is 0 Å². The van der Waals surface area contributed by atoms with Crippen LogP contribution in [-0.4, -0.2) is 25.0 Å². The second-order valence-electron chi connectivity index (χ2n) is 5.55. The van der Waals surface area contributed by atoms with Gasteiger partial charge in [0.1, 0.15) is 11.5 Å². The van der Waals surface area contributed by atoms with Crippen LogP contribution in [0.3, 0.4) is 0 Å². The molecule has 7 heteroatoms. The summed E-state index contributed by atoms with van der Waals surface area (Å²) < 4.78 is 15.8. The quantitative estimate of drug-likeness (QED) is 0.564. The lowest BCUT2D eigenvalue weighted by atomic mass is 10.1. The number of carbonyl (C=O) groups is 2. The van der Waals surface area contributed by atoms with E-state index in [1.165, 1.54) is 7.11 Å². The Labute approximate surface area is 160 Å². The first kappa shape index (κ1) is 18.3. The molecule has 2 aromatic carbocycles. The maximum absolute atomic E-state index is 12.5. The fourth-order valence-corrected chi connectivity index (χ4v) is 2.88. The van der Waals surface area contributed by atoms with Crippen LogP contribution >= 0.6 is 23.2 Å². The first-order valence-electron chi connectivity index (χ1n) is 7.67. The van der Waals surface area contributed by atoms with E-state index in [9.17, 15) is 9.59 Å². The van der Waals surface area contributed by atoms with E-state index >= 15 is 0 Å². The van der Waals surface area contributed by atoms with Crippen LogP contribution in [-0.2, 0) is 9.53 Å². The topological polar surface area (TPSA) is 61.8 Å². The predicted molar refractivity (Wildman–Crippen MR) is 97.9 cm³/mol. The Bertz CT molecular complexity index is 920. The van der Waals surface area contributed by atoms with E-state index in [4.69, 9.17) is 32.7 Å². The monoisotopic (exact) mass is 392 g/mol. The fourth-order valence-electron chi connectivity index (χ4n) is 2.42. The van der Waals surface area contributed by atoms with Gasteiger partial charge in [-0.2, -0.15) is 0 Å². The third kappa shape index (κ3) is 3.69. The number of halogens is 2. The maximum atomic E-state index is 12.5. The number of Topliss-reactive ketones (excluding diaryl/α,β-unsaturated/α-hetero) is 1. The van der Waals surface area contributed by atoms with Crippen molar-refractivity contribution in [2.24, 2.45) is 0 Å². The Kier molecular flexibility index (Phi) is 5.20. The summed E-state index contributed by atoms with van der Waals surface area (Å²) in [4.78, 5) is 23.9. The zero-order valence-electron chi connectivity index (χ0n) is 13.9. The molecule has 0 N–H and O–H groups in total. The molecule has 1 heterocycles. The van der Waals surface area contributed by atoms with Crippen molar-refractivity contribution in [2.75, 3.05) is 7.11 Å². The highest BCUT2D eigenvalue weighted by Gasteiger charge is 2.28. The van der Waals surface area contributed by atoms with Gasteiger partial charge in [-0.3, -0.25) is 4.79 Å². The molecule has 3 rings (SSSR count). The van der Waals surface area contributed by atoms with Crippen LogP contribution < -0.4 is 9.47 Å². The summed E-state index contributed by atoms with van der Waals surface area (Å²) in [5.74, 6) is 0.113. The van der Waals surface area contributed by atoms with Gasteiger partial charge in [0.2, 0.25) is 5.78 Å². The molecule has 0 fully saturated rings. The van der Waals surface area contributed by atoms with Gasteiger partial charge in [-0.1, -0.05) is 29.3 Å². The van der Waals surface area contributed by atoms with Gasteiger partial charge in [-0.15, -0.1) is 0 Å². The highest BCUT2D eigenvalue weighted by Crippen LogP contribution is 2.36. The van der Waals surface area contributed by atoms with E-state index in [-0.39, 0.29) is 11.5 Å². The minimum Gasteiger partial charge on any atom is -0.479 e. The van der Waals surface area contributed by atoms with Gasteiger partial charge >= 0.3 is 5.97 Å². The normalized spacial score (nSPS) is 15.4. The third-order valence-corrected chi connectivity index (χ3v) is 4.30. The Morgan fingerprint density at radius 2 is 1.96 bits per heavy atom. The van der Waals surface area contributed by atoms with E-state index in [2.05, 4.69) is 4.74 Å². The number of ketones is 1. The van der Waals surface area contributed by atoms with Crippen molar-refractivity contribution in [3.05, 3.63) is 63.3 Å². The number of benzene rings is 2. The summed E-state index contributed by atoms with van der Waals surface area (Å²) in [5, 5.41) is 0.911. The second-order valence-corrected chi connectivity index (χ2v) is 6.39. The lowest BCUT2D eigenvalue weighted by Gasteiger charge is -2.12. The molecule has 0 aliphatic carbocycles. The molecule has 2 aromatic rings. The standard InChI is InChI=1S/C19H14Cl2O5/c1-10(19(23)24-2)25-13-5-6-14-16(9-13)26-17(18(14)22)7-11-3-4-12(20)8-15(11)21/h3-10H,1-2H3/b17-7-/t10-/m1/s1. The molecule has 1 aliphatic heterocycles. The zero-order chi connectivity index (χ0) is 18.8.